The van der Waals surface area contributed by atoms with Gasteiger partial charge in [-0.3, -0.25) is 14.5 Å². The predicted octanol–water partition coefficient (Wildman–Crippen LogP) is 2.09. The van der Waals surface area contributed by atoms with Gasteiger partial charge in [-0.2, -0.15) is 0 Å². The van der Waals surface area contributed by atoms with Crippen molar-refractivity contribution in [2.24, 2.45) is 5.92 Å². The number of aryl methyl sites for hydroxylation is 1. The van der Waals surface area contributed by atoms with Crippen molar-refractivity contribution in [3.63, 3.8) is 0 Å². The van der Waals surface area contributed by atoms with Crippen molar-refractivity contribution in [1.29, 1.82) is 0 Å². The molecule has 2 aliphatic heterocycles. The van der Waals surface area contributed by atoms with Crippen LogP contribution in [-0.4, -0.2) is 47.3 Å². The number of hydrogen-bond donors (Lipinski definition) is 1. The molecule has 0 bridgehead atoms. The second-order valence-corrected chi connectivity index (χ2v) is 8.40. The summed E-state index contributed by atoms with van der Waals surface area (Å²) in [6.45, 7) is 3.46. The lowest BCUT2D eigenvalue weighted by molar-refractivity contribution is -0.140. The highest BCUT2D eigenvalue weighted by Gasteiger charge is 2.54. The van der Waals surface area contributed by atoms with E-state index in [1.165, 1.54) is 0 Å². The average Bonchev–Trinajstić information content (AvgIpc) is 3.16. The van der Waals surface area contributed by atoms with Crippen molar-refractivity contribution in [3.05, 3.63) is 21.9 Å². The molecule has 25 heavy (non-hydrogen) atoms. The van der Waals surface area contributed by atoms with Crippen molar-refractivity contribution in [1.82, 2.24) is 15.1 Å². The van der Waals surface area contributed by atoms with Crippen LogP contribution in [0.1, 0.15) is 43.0 Å². The summed E-state index contributed by atoms with van der Waals surface area (Å²) in [5.74, 6) is 0.229. The smallest absolute Gasteiger partial charge is 0.325 e. The summed E-state index contributed by atoms with van der Waals surface area (Å²) >= 11 is 1.63. The van der Waals surface area contributed by atoms with Crippen molar-refractivity contribution >= 4 is 29.2 Å². The first-order chi connectivity index (χ1) is 12.0. The number of piperidine rings is 1. The molecule has 3 heterocycles. The molecule has 4 amide bonds. The summed E-state index contributed by atoms with van der Waals surface area (Å²) in [5, 5.41) is 4.87. The van der Waals surface area contributed by atoms with Crippen LogP contribution >= 0.6 is 11.3 Å². The first-order valence-corrected chi connectivity index (χ1v) is 9.88. The predicted molar refractivity (Wildman–Crippen MR) is 94.2 cm³/mol. The molecule has 0 saturated carbocycles. The maximum Gasteiger partial charge on any atom is 0.325 e. The van der Waals surface area contributed by atoms with Gasteiger partial charge in [-0.05, 0) is 49.5 Å². The van der Waals surface area contributed by atoms with Gasteiger partial charge in [0.1, 0.15) is 12.1 Å². The molecule has 1 aromatic rings. The van der Waals surface area contributed by atoms with Crippen LogP contribution in [0, 0.1) is 5.92 Å². The molecule has 6 nitrogen and oxygen atoms in total. The van der Waals surface area contributed by atoms with E-state index in [9.17, 15) is 14.4 Å². The fourth-order valence-electron chi connectivity index (χ4n) is 4.18. The van der Waals surface area contributed by atoms with Gasteiger partial charge < -0.3 is 10.2 Å². The summed E-state index contributed by atoms with van der Waals surface area (Å²) in [4.78, 5) is 42.2. The highest BCUT2D eigenvalue weighted by Crippen LogP contribution is 2.42. The Morgan fingerprint density at radius 2 is 2.12 bits per heavy atom. The molecule has 134 valence electrons. The Labute approximate surface area is 151 Å². The molecule has 1 N–H and O–H groups in total. The number of likely N-dealkylation sites (tertiary alicyclic amines) is 1. The molecular formula is C18H23N3O3S. The SMILES string of the molecule is CC1CCN(C(=O)CN2C(=O)N[C@]3(CCCc4sccc43)C2=O)CC1. The van der Waals surface area contributed by atoms with Gasteiger partial charge >= 0.3 is 6.03 Å². The number of fused-ring (bicyclic) bond motifs is 2. The van der Waals surface area contributed by atoms with E-state index in [1.54, 1.807) is 16.2 Å². The minimum Gasteiger partial charge on any atom is -0.341 e. The van der Waals surface area contributed by atoms with E-state index in [4.69, 9.17) is 0 Å². The molecule has 1 spiro atoms. The highest BCUT2D eigenvalue weighted by molar-refractivity contribution is 7.10. The zero-order chi connectivity index (χ0) is 17.6. The quantitative estimate of drug-likeness (QED) is 0.820. The van der Waals surface area contributed by atoms with E-state index in [-0.39, 0.29) is 18.4 Å². The van der Waals surface area contributed by atoms with Crippen molar-refractivity contribution in [2.75, 3.05) is 19.6 Å². The summed E-state index contributed by atoms with van der Waals surface area (Å²) in [5.41, 5.74) is -0.0368. The molecule has 7 heteroatoms. The number of carbonyl (C=O) groups is 3. The number of amides is 4. The van der Waals surface area contributed by atoms with Crippen molar-refractivity contribution in [2.45, 2.75) is 44.6 Å². The third kappa shape index (κ3) is 2.65. The average molecular weight is 361 g/mol. The normalized spacial score (nSPS) is 26.9. The van der Waals surface area contributed by atoms with Crippen LogP contribution in [0.25, 0.3) is 0 Å². The lowest BCUT2D eigenvalue weighted by atomic mass is 9.80. The fraction of sp³-hybridized carbons (Fsp3) is 0.611. The van der Waals surface area contributed by atoms with Crippen LogP contribution in [0.3, 0.4) is 0 Å². The number of rotatable bonds is 2. The molecule has 2 saturated heterocycles. The largest absolute Gasteiger partial charge is 0.341 e. The van der Waals surface area contributed by atoms with Crippen LogP contribution in [0.5, 0.6) is 0 Å². The van der Waals surface area contributed by atoms with Crippen molar-refractivity contribution < 1.29 is 14.4 Å². The Morgan fingerprint density at radius 3 is 2.88 bits per heavy atom. The van der Waals surface area contributed by atoms with Crippen LogP contribution in [-0.2, 0) is 21.5 Å². The zero-order valence-electron chi connectivity index (χ0n) is 14.4. The van der Waals surface area contributed by atoms with Crippen LogP contribution in [0.2, 0.25) is 0 Å². The Hall–Kier alpha value is -1.89. The fourth-order valence-corrected chi connectivity index (χ4v) is 5.18. The molecule has 2 fully saturated rings. The molecule has 0 radical (unpaired) electrons. The van der Waals surface area contributed by atoms with E-state index in [0.717, 1.165) is 41.0 Å². The summed E-state index contributed by atoms with van der Waals surface area (Å²) < 4.78 is 0. The van der Waals surface area contributed by atoms with Gasteiger partial charge in [-0.1, -0.05) is 6.92 Å². The summed E-state index contributed by atoms with van der Waals surface area (Å²) in [6.07, 6.45) is 4.38. The Morgan fingerprint density at radius 1 is 1.36 bits per heavy atom. The van der Waals surface area contributed by atoms with Crippen LogP contribution in [0.15, 0.2) is 11.4 Å². The van der Waals surface area contributed by atoms with E-state index >= 15 is 0 Å². The minimum absolute atomic E-state index is 0.131. The van der Waals surface area contributed by atoms with E-state index in [0.29, 0.717) is 25.4 Å². The molecule has 0 unspecified atom stereocenters. The minimum atomic E-state index is -0.957. The maximum atomic E-state index is 13.1. The summed E-state index contributed by atoms with van der Waals surface area (Å²) in [7, 11) is 0. The second kappa shape index (κ2) is 6.12. The number of hydrogen-bond acceptors (Lipinski definition) is 4. The molecular weight excluding hydrogens is 338 g/mol. The van der Waals surface area contributed by atoms with Gasteiger partial charge in [0.2, 0.25) is 5.91 Å². The number of urea groups is 1. The molecule has 0 aromatic carbocycles. The Bertz CT molecular complexity index is 723. The molecule has 4 rings (SSSR count). The van der Waals surface area contributed by atoms with Gasteiger partial charge in [0.15, 0.2) is 0 Å². The highest BCUT2D eigenvalue weighted by atomic mass is 32.1. The van der Waals surface area contributed by atoms with E-state index in [1.807, 2.05) is 11.4 Å². The van der Waals surface area contributed by atoms with Crippen LogP contribution in [0.4, 0.5) is 4.79 Å². The third-order valence-corrected chi connectivity index (χ3v) is 6.75. The van der Waals surface area contributed by atoms with Gasteiger partial charge in [0.05, 0.1) is 0 Å². The first kappa shape index (κ1) is 16.6. The molecule has 3 aliphatic rings. The number of carbonyl (C=O) groups excluding carboxylic acids is 3. The van der Waals surface area contributed by atoms with Gasteiger partial charge in [-0.15, -0.1) is 11.3 Å². The lowest BCUT2D eigenvalue weighted by Crippen LogP contribution is -2.48. The molecule has 1 aliphatic carbocycles. The zero-order valence-corrected chi connectivity index (χ0v) is 15.2. The standard InChI is InChI=1S/C18H23N3O3S/c1-12-4-8-20(9-5-12)15(22)11-21-16(23)18(19-17(21)24)7-2-3-14-13(18)6-10-25-14/h6,10,12H,2-5,7-9,11H2,1H3,(H,19,24)/t18-/m0/s1. The van der Waals surface area contributed by atoms with Crippen molar-refractivity contribution in [3.8, 4) is 0 Å². The Balaban J connectivity index is 1.52. The number of thiophene rings is 1. The lowest BCUT2D eigenvalue weighted by Gasteiger charge is -2.32. The summed E-state index contributed by atoms with van der Waals surface area (Å²) in [6, 6.07) is 1.50. The van der Waals surface area contributed by atoms with Crippen LogP contribution < -0.4 is 5.32 Å². The number of imide groups is 1. The maximum absolute atomic E-state index is 13.1. The topological polar surface area (TPSA) is 69.7 Å². The first-order valence-electron chi connectivity index (χ1n) is 9.00. The van der Waals surface area contributed by atoms with Gasteiger partial charge in [-0.25, -0.2) is 4.79 Å². The monoisotopic (exact) mass is 361 g/mol. The molecule has 1 atom stereocenters. The van der Waals surface area contributed by atoms with Gasteiger partial charge in [0, 0.05) is 23.5 Å². The van der Waals surface area contributed by atoms with E-state index in [2.05, 4.69) is 12.2 Å². The van der Waals surface area contributed by atoms with Gasteiger partial charge in [0.25, 0.3) is 5.91 Å². The number of nitrogens with one attached hydrogen (secondary N) is 1. The van der Waals surface area contributed by atoms with E-state index < -0.39 is 11.6 Å². The molecule has 1 aromatic heterocycles. The third-order valence-electron chi connectivity index (χ3n) is 5.77. The number of nitrogens with zero attached hydrogens (tertiary/aromatic N) is 2. The second-order valence-electron chi connectivity index (χ2n) is 7.40. The Kier molecular flexibility index (Phi) is 4.06.